The summed E-state index contributed by atoms with van der Waals surface area (Å²) in [5, 5.41) is 2.54. The van der Waals surface area contributed by atoms with Crippen molar-refractivity contribution in [3.63, 3.8) is 0 Å². The Morgan fingerprint density at radius 1 is 1.64 bits per heavy atom. The molecule has 5 heteroatoms. The normalized spacial score (nSPS) is 20.0. The SMILES string of the molecule is O=C1NCC(COc2ccccn2)O1. The second-order valence-corrected chi connectivity index (χ2v) is 2.89. The minimum atomic E-state index is -0.389. The van der Waals surface area contributed by atoms with Crippen molar-refractivity contribution in [3.8, 4) is 5.88 Å². The molecule has 1 aliphatic heterocycles. The van der Waals surface area contributed by atoms with Gasteiger partial charge < -0.3 is 14.8 Å². The standard InChI is InChI=1S/C9H10N2O3/c12-9-11-5-7(14-9)6-13-8-3-1-2-4-10-8/h1-4,7H,5-6H2,(H,11,12). The number of alkyl carbamates (subject to hydrolysis) is 1. The first kappa shape index (κ1) is 8.80. The van der Waals surface area contributed by atoms with E-state index in [9.17, 15) is 4.79 Å². The Morgan fingerprint density at radius 2 is 2.57 bits per heavy atom. The Kier molecular flexibility index (Phi) is 2.48. The van der Waals surface area contributed by atoms with E-state index in [4.69, 9.17) is 9.47 Å². The van der Waals surface area contributed by atoms with Gasteiger partial charge in [0, 0.05) is 12.3 Å². The highest BCUT2D eigenvalue weighted by Gasteiger charge is 2.22. The van der Waals surface area contributed by atoms with Crippen LogP contribution in [0.1, 0.15) is 0 Å². The van der Waals surface area contributed by atoms with Crippen molar-refractivity contribution in [1.82, 2.24) is 10.3 Å². The van der Waals surface area contributed by atoms with Gasteiger partial charge in [0.2, 0.25) is 5.88 Å². The maximum Gasteiger partial charge on any atom is 0.407 e. The summed E-state index contributed by atoms with van der Waals surface area (Å²) in [6, 6.07) is 5.40. The van der Waals surface area contributed by atoms with Crippen LogP contribution in [0.5, 0.6) is 5.88 Å². The van der Waals surface area contributed by atoms with Gasteiger partial charge in [0.1, 0.15) is 6.61 Å². The van der Waals surface area contributed by atoms with Gasteiger partial charge >= 0.3 is 6.09 Å². The average Bonchev–Trinajstić information content (AvgIpc) is 2.63. The third-order valence-electron chi connectivity index (χ3n) is 1.80. The van der Waals surface area contributed by atoms with E-state index in [0.717, 1.165) is 0 Å². The quantitative estimate of drug-likeness (QED) is 0.764. The van der Waals surface area contributed by atoms with Crippen LogP contribution in [0.15, 0.2) is 24.4 Å². The molecule has 1 aromatic rings. The summed E-state index contributed by atoms with van der Waals surface area (Å²) in [7, 11) is 0. The van der Waals surface area contributed by atoms with E-state index >= 15 is 0 Å². The van der Waals surface area contributed by atoms with Gasteiger partial charge in [0.05, 0.1) is 6.54 Å². The molecule has 2 rings (SSSR count). The third kappa shape index (κ3) is 2.12. The van der Waals surface area contributed by atoms with Crippen LogP contribution >= 0.6 is 0 Å². The summed E-state index contributed by atoms with van der Waals surface area (Å²) in [6.07, 6.45) is 1.04. The lowest BCUT2D eigenvalue weighted by atomic mass is 10.4. The summed E-state index contributed by atoms with van der Waals surface area (Å²) in [6.45, 7) is 0.821. The number of aromatic nitrogens is 1. The number of nitrogens with one attached hydrogen (secondary N) is 1. The zero-order valence-electron chi connectivity index (χ0n) is 7.47. The predicted octanol–water partition coefficient (Wildman–Crippen LogP) is 0.569. The van der Waals surface area contributed by atoms with Gasteiger partial charge in [0.25, 0.3) is 0 Å². The molecular weight excluding hydrogens is 184 g/mol. The lowest BCUT2D eigenvalue weighted by Gasteiger charge is -2.08. The van der Waals surface area contributed by atoms with Crippen molar-refractivity contribution in [2.24, 2.45) is 0 Å². The second-order valence-electron chi connectivity index (χ2n) is 2.89. The van der Waals surface area contributed by atoms with Crippen molar-refractivity contribution >= 4 is 6.09 Å². The maximum absolute atomic E-state index is 10.7. The first-order valence-electron chi connectivity index (χ1n) is 4.33. The van der Waals surface area contributed by atoms with Crippen LogP contribution in [-0.4, -0.2) is 30.3 Å². The van der Waals surface area contributed by atoms with Crippen LogP contribution in [0.25, 0.3) is 0 Å². The molecule has 0 saturated carbocycles. The number of rotatable bonds is 3. The fraction of sp³-hybridized carbons (Fsp3) is 0.333. The van der Waals surface area contributed by atoms with Gasteiger partial charge in [-0.1, -0.05) is 6.07 Å². The summed E-state index contributed by atoms with van der Waals surface area (Å²) >= 11 is 0. The van der Waals surface area contributed by atoms with E-state index in [-0.39, 0.29) is 12.2 Å². The van der Waals surface area contributed by atoms with Gasteiger partial charge in [-0.3, -0.25) is 0 Å². The van der Waals surface area contributed by atoms with Crippen molar-refractivity contribution in [2.75, 3.05) is 13.2 Å². The number of pyridine rings is 1. The topological polar surface area (TPSA) is 60.5 Å². The fourth-order valence-electron chi connectivity index (χ4n) is 1.14. The van der Waals surface area contributed by atoms with Crippen LogP contribution in [0.3, 0.4) is 0 Å². The van der Waals surface area contributed by atoms with E-state index in [0.29, 0.717) is 19.0 Å². The molecule has 74 valence electrons. The number of cyclic esters (lactones) is 1. The van der Waals surface area contributed by atoms with Crippen LogP contribution in [0.4, 0.5) is 4.79 Å². The second kappa shape index (κ2) is 3.95. The summed E-state index contributed by atoms with van der Waals surface area (Å²) in [5.74, 6) is 0.537. The van der Waals surface area contributed by atoms with E-state index in [1.54, 1.807) is 12.3 Å². The highest BCUT2D eigenvalue weighted by molar-refractivity contribution is 5.69. The molecule has 0 bridgehead atoms. The van der Waals surface area contributed by atoms with E-state index < -0.39 is 0 Å². The van der Waals surface area contributed by atoms with Gasteiger partial charge in [-0.25, -0.2) is 9.78 Å². The summed E-state index contributed by atoms with van der Waals surface area (Å²) in [4.78, 5) is 14.6. The Hall–Kier alpha value is -1.78. The number of ether oxygens (including phenoxy) is 2. The summed E-state index contributed by atoms with van der Waals surface area (Å²) in [5.41, 5.74) is 0. The highest BCUT2D eigenvalue weighted by Crippen LogP contribution is 2.06. The fourth-order valence-corrected chi connectivity index (χ4v) is 1.14. The summed E-state index contributed by atoms with van der Waals surface area (Å²) < 4.78 is 10.2. The molecule has 0 aliphatic carbocycles. The maximum atomic E-state index is 10.7. The average molecular weight is 194 g/mol. The molecule has 1 aliphatic rings. The first-order valence-corrected chi connectivity index (χ1v) is 4.33. The van der Waals surface area contributed by atoms with Gasteiger partial charge in [-0.15, -0.1) is 0 Å². The highest BCUT2D eigenvalue weighted by atomic mass is 16.6. The molecule has 14 heavy (non-hydrogen) atoms. The molecule has 0 radical (unpaired) electrons. The van der Waals surface area contributed by atoms with Crippen LogP contribution in [0.2, 0.25) is 0 Å². The smallest absolute Gasteiger partial charge is 0.407 e. The molecule has 5 nitrogen and oxygen atoms in total. The van der Waals surface area contributed by atoms with Crippen molar-refractivity contribution < 1.29 is 14.3 Å². The molecule has 1 amide bonds. The Labute approximate surface area is 81.0 Å². The molecular formula is C9H10N2O3. The minimum Gasteiger partial charge on any atom is -0.474 e. The molecule has 0 spiro atoms. The lowest BCUT2D eigenvalue weighted by Crippen LogP contribution is -2.22. The number of carbonyl (C=O) groups is 1. The van der Waals surface area contributed by atoms with Gasteiger partial charge in [-0.2, -0.15) is 0 Å². The molecule has 1 atom stereocenters. The third-order valence-corrected chi connectivity index (χ3v) is 1.80. The molecule has 1 aromatic heterocycles. The number of amides is 1. The Balaban J connectivity index is 1.80. The molecule has 1 unspecified atom stereocenters. The largest absolute Gasteiger partial charge is 0.474 e. The molecule has 1 saturated heterocycles. The van der Waals surface area contributed by atoms with E-state index in [1.807, 2.05) is 12.1 Å². The molecule has 1 fully saturated rings. The number of nitrogens with zero attached hydrogens (tertiary/aromatic N) is 1. The minimum absolute atomic E-state index is 0.218. The first-order chi connectivity index (χ1) is 6.84. The zero-order chi connectivity index (χ0) is 9.80. The molecule has 0 aromatic carbocycles. The Bertz CT molecular complexity index is 315. The van der Waals surface area contributed by atoms with Gasteiger partial charge in [0.15, 0.2) is 6.10 Å². The van der Waals surface area contributed by atoms with Crippen LogP contribution in [0, 0.1) is 0 Å². The van der Waals surface area contributed by atoms with Gasteiger partial charge in [-0.05, 0) is 6.07 Å². The van der Waals surface area contributed by atoms with Crippen molar-refractivity contribution in [1.29, 1.82) is 0 Å². The zero-order valence-corrected chi connectivity index (χ0v) is 7.47. The molecule has 2 heterocycles. The Morgan fingerprint density at radius 3 is 3.21 bits per heavy atom. The monoisotopic (exact) mass is 194 g/mol. The number of hydrogen-bond acceptors (Lipinski definition) is 4. The molecule has 1 N–H and O–H groups in total. The number of carbonyl (C=O) groups excluding carboxylic acids is 1. The van der Waals surface area contributed by atoms with Crippen molar-refractivity contribution in [2.45, 2.75) is 6.10 Å². The predicted molar refractivity (Wildman–Crippen MR) is 48.0 cm³/mol. The lowest BCUT2D eigenvalue weighted by molar-refractivity contribution is 0.103. The van der Waals surface area contributed by atoms with Crippen LogP contribution < -0.4 is 10.1 Å². The van der Waals surface area contributed by atoms with Crippen molar-refractivity contribution in [3.05, 3.63) is 24.4 Å². The van der Waals surface area contributed by atoms with E-state index in [1.165, 1.54) is 0 Å². The van der Waals surface area contributed by atoms with Crippen LogP contribution in [-0.2, 0) is 4.74 Å². The van der Waals surface area contributed by atoms with E-state index in [2.05, 4.69) is 10.3 Å². The number of hydrogen-bond donors (Lipinski definition) is 1.